The molecule has 0 fully saturated rings. The lowest BCUT2D eigenvalue weighted by atomic mass is 10.2. The zero-order valence-corrected chi connectivity index (χ0v) is 14.4. The summed E-state index contributed by atoms with van der Waals surface area (Å²) in [6.07, 6.45) is 0.747. The molecule has 0 aliphatic heterocycles. The highest BCUT2D eigenvalue weighted by Crippen LogP contribution is 2.23. The summed E-state index contributed by atoms with van der Waals surface area (Å²) >= 11 is 1.08. The van der Waals surface area contributed by atoms with Crippen molar-refractivity contribution in [1.82, 2.24) is 10.3 Å². The van der Waals surface area contributed by atoms with Crippen LogP contribution in [0.2, 0.25) is 0 Å². The third-order valence-corrected chi connectivity index (χ3v) is 4.69. The number of aryl methyl sites for hydroxylation is 1. The highest BCUT2D eigenvalue weighted by atomic mass is 32.1. The third-order valence-electron chi connectivity index (χ3n) is 3.37. The molecule has 1 heterocycles. The normalized spacial score (nSPS) is 11.9. The molecule has 0 spiro atoms. The molecule has 1 atom stereocenters. The highest BCUT2D eigenvalue weighted by Gasteiger charge is 2.19. The van der Waals surface area contributed by atoms with Gasteiger partial charge in [-0.15, -0.1) is 11.3 Å². The summed E-state index contributed by atoms with van der Waals surface area (Å²) in [4.78, 5) is 27.3. The Kier molecular flexibility index (Phi) is 6.45. The summed E-state index contributed by atoms with van der Waals surface area (Å²) < 4.78 is 5.38. The lowest BCUT2D eigenvalue weighted by Crippen LogP contribution is -2.30. The Morgan fingerprint density at radius 3 is 2.67 bits per heavy atom. The van der Waals surface area contributed by atoms with Crippen LogP contribution in [0.15, 0.2) is 30.3 Å². The Morgan fingerprint density at radius 2 is 2.04 bits per heavy atom. The number of hydrogen-bond donors (Lipinski definition) is 2. The predicted octanol–water partition coefficient (Wildman–Crippen LogP) is 2.59. The maximum atomic E-state index is 11.9. The van der Waals surface area contributed by atoms with E-state index in [1.54, 1.807) is 13.8 Å². The monoisotopic (exact) mass is 348 g/mol. The number of thiazole rings is 1. The quantitative estimate of drug-likeness (QED) is 0.716. The van der Waals surface area contributed by atoms with Crippen LogP contribution in [-0.4, -0.2) is 35.2 Å². The number of benzene rings is 1. The van der Waals surface area contributed by atoms with Gasteiger partial charge in [0.05, 0.1) is 18.3 Å². The van der Waals surface area contributed by atoms with E-state index in [-0.39, 0.29) is 23.4 Å². The number of hydrogen-bond acceptors (Lipinski definition) is 5. The van der Waals surface area contributed by atoms with Crippen molar-refractivity contribution < 1.29 is 19.4 Å². The maximum Gasteiger partial charge on any atom is 0.347 e. The van der Waals surface area contributed by atoms with Crippen LogP contribution in [0.5, 0.6) is 0 Å². The molecule has 0 aliphatic rings. The van der Waals surface area contributed by atoms with Crippen LogP contribution in [0.4, 0.5) is 0 Å². The molecule has 0 radical (unpaired) electrons. The van der Waals surface area contributed by atoms with Gasteiger partial charge in [-0.1, -0.05) is 30.3 Å². The first-order valence-electron chi connectivity index (χ1n) is 7.59. The fourth-order valence-corrected chi connectivity index (χ4v) is 3.05. The molecule has 1 aromatic heterocycles. The minimum atomic E-state index is -1.00. The minimum absolute atomic E-state index is 0.0344. The lowest BCUT2D eigenvalue weighted by Gasteiger charge is -2.11. The van der Waals surface area contributed by atoms with Gasteiger partial charge in [0, 0.05) is 0 Å². The van der Waals surface area contributed by atoms with Crippen LogP contribution >= 0.6 is 11.3 Å². The van der Waals surface area contributed by atoms with Gasteiger partial charge < -0.3 is 15.2 Å². The molecule has 0 bridgehead atoms. The molecule has 1 aromatic carbocycles. The topological polar surface area (TPSA) is 88.5 Å². The Labute approximate surface area is 144 Å². The summed E-state index contributed by atoms with van der Waals surface area (Å²) in [6.45, 7) is 3.84. The van der Waals surface area contributed by atoms with Crippen molar-refractivity contribution in [1.29, 1.82) is 0 Å². The van der Waals surface area contributed by atoms with Gasteiger partial charge in [0.25, 0.3) is 0 Å². The molecule has 6 nitrogen and oxygen atoms in total. The van der Waals surface area contributed by atoms with E-state index in [4.69, 9.17) is 9.84 Å². The minimum Gasteiger partial charge on any atom is -0.477 e. The van der Waals surface area contributed by atoms with E-state index < -0.39 is 5.97 Å². The molecule has 0 saturated heterocycles. The van der Waals surface area contributed by atoms with Crippen molar-refractivity contribution in [2.24, 2.45) is 0 Å². The van der Waals surface area contributed by atoms with E-state index >= 15 is 0 Å². The van der Waals surface area contributed by atoms with Crippen molar-refractivity contribution in [3.63, 3.8) is 0 Å². The largest absolute Gasteiger partial charge is 0.477 e. The van der Waals surface area contributed by atoms with Gasteiger partial charge >= 0.3 is 5.97 Å². The summed E-state index contributed by atoms with van der Waals surface area (Å²) in [5.74, 6) is -1.25. The molecule has 2 aromatic rings. The number of carboxylic acid groups (broad SMARTS) is 1. The Hall–Kier alpha value is -2.25. The van der Waals surface area contributed by atoms with Crippen molar-refractivity contribution >= 4 is 23.2 Å². The summed E-state index contributed by atoms with van der Waals surface area (Å²) in [5.41, 5.74) is 1.62. The Balaban J connectivity index is 1.75. The molecule has 2 N–H and O–H groups in total. The number of nitrogens with one attached hydrogen (secondary N) is 1. The van der Waals surface area contributed by atoms with E-state index in [9.17, 15) is 9.59 Å². The molecule has 2 rings (SSSR count). The number of rotatable bonds is 8. The van der Waals surface area contributed by atoms with Crippen LogP contribution in [-0.2, 0) is 16.0 Å². The van der Waals surface area contributed by atoms with E-state index in [2.05, 4.69) is 10.3 Å². The van der Waals surface area contributed by atoms with Gasteiger partial charge in [0.2, 0.25) is 5.91 Å². The number of ether oxygens (including phenoxy) is 1. The fourth-order valence-electron chi connectivity index (χ4n) is 2.15. The Bertz CT molecular complexity index is 700. The summed E-state index contributed by atoms with van der Waals surface area (Å²) in [7, 11) is 0. The third kappa shape index (κ3) is 5.14. The van der Waals surface area contributed by atoms with E-state index in [1.807, 2.05) is 30.3 Å². The molecule has 0 saturated carbocycles. The molecular weight excluding hydrogens is 328 g/mol. The molecule has 24 heavy (non-hydrogen) atoms. The smallest absolute Gasteiger partial charge is 0.347 e. The number of carbonyl (C=O) groups is 2. The number of carbonyl (C=O) groups excluding carboxylic acids is 1. The van der Waals surface area contributed by atoms with Crippen molar-refractivity contribution in [3.05, 3.63) is 51.5 Å². The molecule has 0 aliphatic carbocycles. The summed E-state index contributed by atoms with van der Waals surface area (Å²) in [5, 5.41) is 12.4. The van der Waals surface area contributed by atoms with Gasteiger partial charge in [-0.05, 0) is 25.8 Å². The highest BCUT2D eigenvalue weighted by molar-refractivity contribution is 7.13. The van der Waals surface area contributed by atoms with Gasteiger partial charge in [-0.25, -0.2) is 9.78 Å². The second-order valence-corrected chi connectivity index (χ2v) is 6.38. The summed E-state index contributed by atoms with van der Waals surface area (Å²) in [6, 6.07) is 9.55. The zero-order valence-electron chi connectivity index (χ0n) is 13.6. The first-order valence-corrected chi connectivity index (χ1v) is 8.40. The van der Waals surface area contributed by atoms with Gasteiger partial charge in [0.15, 0.2) is 0 Å². The van der Waals surface area contributed by atoms with Crippen LogP contribution in [0, 0.1) is 6.92 Å². The first-order chi connectivity index (χ1) is 11.5. The van der Waals surface area contributed by atoms with E-state index in [0.29, 0.717) is 17.3 Å². The number of aromatic nitrogens is 1. The van der Waals surface area contributed by atoms with Gasteiger partial charge in [0.1, 0.15) is 16.5 Å². The molecule has 7 heteroatoms. The molecular formula is C17H20N2O4S. The first kappa shape index (κ1) is 18.1. The maximum absolute atomic E-state index is 11.9. The van der Waals surface area contributed by atoms with Gasteiger partial charge in [-0.2, -0.15) is 0 Å². The average Bonchev–Trinajstić information content (AvgIpc) is 2.95. The SMILES string of the molecule is Cc1nc(C(C)NC(=O)COCCc2ccccc2)sc1C(=O)O. The van der Waals surface area contributed by atoms with Crippen molar-refractivity contribution in [2.45, 2.75) is 26.3 Å². The second kappa shape index (κ2) is 8.56. The fraction of sp³-hybridized carbons (Fsp3) is 0.353. The van der Waals surface area contributed by atoms with Crippen LogP contribution in [0.25, 0.3) is 0 Å². The number of carboxylic acids is 1. The standard InChI is InChI=1S/C17H20N2O4S/c1-11-15(17(21)22)24-16(19-11)12(2)18-14(20)10-23-9-8-13-6-4-3-5-7-13/h3-7,12H,8-10H2,1-2H3,(H,18,20)(H,21,22). The molecule has 1 amide bonds. The lowest BCUT2D eigenvalue weighted by molar-refractivity contribution is -0.126. The van der Waals surface area contributed by atoms with E-state index in [1.165, 1.54) is 0 Å². The molecule has 128 valence electrons. The van der Waals surface area contributed by atoms with Crippen molar-refractivity contribution in [3.8, 4) is 0 Å². The Morgan fingerprint density at radius 1 is 1.33 bits per heavy atom. The second-order valence-electron chi connectivity index (χ2n) is 5.35. The van der Waals surface area contributed by atoms with Crippen LogP contribution in [0.1, 0.15) is 38.9 Å². The van der Waals surface area contributed by atoms with E-state index in [0.717, 1.165) is 23.3 Å². The number of aromatic carboxylic acids is 1. The van der Waals surface area contributed by atoms with Crippen LogP contribution in [0.3, 0.4) is 0 Å². The van der Waals surface area contributed by atoms with Gasteiger partial charge in [-0.3, -0.25) is 4.79 Å². The van der Waals surface area contributed by atoms with Crippen molar-refractivity contribution in [2.75, 3.05) is 13.2 Å². The average molecular weight is 348 g/mol. The van der Waals surface area contributed by atoms with Crippen LogP contribution < -0.4 is 5.32 Å². The zero-order chi connectivity index (χ0) is 17.5. The number of nitrogens with zero attached hydrogens (tertiary/aromatic N) is 1. The molecule has 1 unspecified atom stereocenters. The predicted molar refractivity (Wildman–Crippen MR) is 91.3 cm³/mol. The number of amides is 1.